The van der Waals surface area contributed by atoms with E-state index in [1.165, 1.54) is 31.6 Å². The van der Waals surface area contributed by atoms with Crippen molar-refractivity contribution in [3.63, 3.8) is 0 Å². The first kappa shape index (κ1) is 13.6. The molecule has 1 heterocycles. The van der Waals surface area contributed by atoms with Crippen LogP contribution in [0.15, 0.2) is 29.4 Å². The molecule has 1 atom stereocenters. The molecule has 0 spiro atoms. The number of hydrogen-bond acceptors (Lipinski definition) is 4. The van der Waals surface area contributed by atoms with E-state index >= 15 is 0 Å². The zero-order valence-corrected chi connectivity index (χ0v) is 10.4. The molecule has 0 saturated carbocycles. The number of pyridine rings is 1. The number of sulfonamides is 1. The number of aliphatic carboxylic acids is 1. The Bertz CT molecular complexity index is 486. The van der Waals surface area contributed by atoms with Crippen molar-refractivity contribution in [1.82, 2.24) is 9.29 Å². The summed E-state index contributed by atoms with van der Waals surface area (Å²) in [5.41, 5.74) is 0. The molecule has 0 radical (unpaired) electrons. The standard InChI is InChI=1S/C10H14N2O4S/c1-3-9(10(13)14)12(2)17(15,16)8-5-4-6-11-7-8/h4-7,9H,3H2,1-2H3,(H,13,14). The van der Waals surface area contributed by atoms with Crippen LogP contribution in [0.1, 0.15) is 13.3 Å². The molecular formula is C10H14N2O4S. The Morgan fingerprint density at radius 3 is 2.65 bits per heavy atom. The van der Waals surface area contributed by atoms with Gasteiger partial charge >= 0.3 is 5.97 Å². The third kappa shape index (κ3) is 2.80. The van der Waals surface area contributed by atoms with E-state index in [0.29, 0.717) is 0 Å². The summed E-state index contributed by atoms with van der Waals surface area (Å²) >= 11 is 0. The van der Waals surface area contributed by atoms with E-state index in [4.69, 9.17) is 5.11 Å². The highest BCUT2D eigenvalue weighted by Gasteiger charge is 2.31. The highest BCUT2D eigenvalue weighted by molar-refractivity contribution is 7.89. The number of carboxylic acid groups (broad SMARTS) is 1. The lowest BCUT2D eigenvalue weighted by Crippen LogP contribution is -2.41. The van der Waals surface area contributed by atoms with Crippen LogP contribution in [0, 0.1) is 0 Å². The van der Waals surface area contributed by atoms with Crippen molar-refractivity contribution in [2.45, 2.75) is 24.3 Å². The van der Waals surface area contributed by atoms with Crippen LogP contribution in [0.4, 0.5) is 0 Å². The van der Waals surface area contributed by atoms with Gasteiger partial charge in [0.1, 0.15) is 10.9 Å². The van der Waals surface area contributed by atoms with Gasteiger partial charge in [-0.05, 0) is 18.6 Å². The van der Waals surface area contributed by atoms with Gasteiger partial charge in [-0.1, -0.05) is 6.92 Å². The van der Waals surface area contributed by atoms with Crippen LogP contribution >= 0.6 is 0 Å². The second-order valence-electron chi connectivity index (χ2n) is 3.47. The zero-order valence-electron chi connectivity index (χ0n) is 9.57. The average molecular weight is 258 g/mol. The molecule has 0 amide bonds. The SMILES string of the molecule is CCC(C(=O)O)N(C)S(=O)(=O)c1cccnc1. The maximum absolute atomic E-state index is 12.1. The van der Waals surface area contributed by atoms with Crippen LogP contribution in [0.2, 0.25) is 0 Å². The molecule has 1 aromatic heterocycles. The summed E-state index contributed by atoms with van der Waals surface area (Å²) in [7, 11) is -2.55. The van der Waals surface area contributed by atoms with Crippen LogP contribution in [0.3, 0.4) is 0 Å². The summed E-state index contributed by atoms with van der Waals surface area (Å²) in [6.45, 7) is 1.62. The maximum Gasteiger partial charge on any atom is 0.321 e. The third-order valence-electron chi connectivity index (χ3n) is 2.42. The first-order chi connectivity index (χ1) is 7.91. The van der Waals surface area contributed by atoms with Gasteiger partial charge in [0, 0.05) is 19.4 Å². The molecule has 6 nitrogen and oxygen atoms in total. The van der Waals surface area contributed by atoms with E-state index < -0.39 is 22.0 Å². The highest BCUT2D eigenvalue weighted by atomic mass is 32.2. The second-order valence-corrected chi connectivity index (χ2v) is 5.47. The monoisotopic (exact) mass is 258 g/mol. The lowest BCUT2D eigenvalue weighted by atomic mass is 10.2. The normalized spacial score (nSPS) is 13.6. The molecule has 1 unspecified atom stereocenters. The van der Waals surface area contributed by atoms with Crippen molar-refractivity contribution >= 4 is 16.0 Å². The topological polar surface area (TPSA) is 87.6 Å². The van der Waals surface area contributed by atoms with Gasteiger partial charge in [-0.15, -0.1) is 0 Å². The first-order valence-corrected chi connectivity index (χ1v) is 6.46. The Morgan fingerprint density at radius 2 is 2.24 bits per heavy atom. The molecule has 94 valence electrons. The minimum Gasteiger partial charge on any atom is -0.480 e. The molecule has 0 saturated heterocycles. The van der Waals surface area contributed by atoms with Crippen molar-refractivity contribution < 1.29 is 18.3 Å². The zero-order chi connectivity index (χ0) is 13.1. The van der Waals surface area contributed by atoms with Crippen LogP contribution in [0.25, 0.3) is 0 Å². The van der Waals surface area contributed by atoms with Crippen molar-refractivity contribution in [2.75, 3.05) is 7.05 Å². The van der Waals surface area contributed by atoms with Crippen molar-refractivity contribution in [3.8, 4) is 0 Å². The van der Waals surface area contributed by atoms with Gasteiger partial charge < -0.3 is 5.11 Å². The van der Waals surface area contributed by atoms with E-state index in [1.54, 1.807) is 6.92 Å². The van der Waals surface area contributed by atoms with E-state index in [9.17, 15) is 13.2 Å². The lowest BCUT2D eigenvalue weighted by Gasteiger charge is -2.22. The summed E-state index contributed by atoms with van der Waals surface area (Å²) in [6.07, 6.45) is 2.85. The summed E-state index contributed by atoms with van der Waals surface area (Å²) in [4.78, 5) is 14.6. The van der Waals surface area contributed by atoms with Crippen LogP contribution in [-0.2, 0) is 14.8 Å². The predicted molar refractivity (Wildman–Crippen MR) is 60.9 cm³/mol. The summed E-state index contributed by atoms with van der Waals surface area (Å²) < 4.78 is 25.0. The number of hydrogen-bond donors (Lipinski definition) is 1. The van der Waals surface area contributed by atoms with E-state index in [2.05, 4.69) is 4.98 Å². The second kappa shape index (κ2) is 5.24. The summed E-state index contributed by atoms with van der Waals surface area (Å²) in [5.74, 6) is -1.16. The molecule has 1 rings (SSSR count). The molecule has 0 fully saturated rings. The third-order valence-corrected chi connectivity index (χ3v) is 4.27. The van der Waals surface area contributed by atoms with Crippen molar-refractivity contribution in [3.05, 3.63) is 24.5 Å². The minimum atomic E-state index is -3.81. The fraction of sp³-hybridized carbons (Fsp3) is 0.400. The average Bonchev–Trinajstić information content (AvgIpc) is 2.30. The van der Waals surface area contributed by atoms with Crippen molar-refractivity contribution in [2.24, 2.45) is 0 Å². The van der Waals surface area contributed by atoms with E-state index in [0.717, 1.165) is 4.31 Å². The van der Waals surface area contributed by atoms with E-state index in [1.807, 2.05) is 0 Å². The van der Waals surface area contributed by atoms with Crippen molar-refractivity contribution in [1.29, 1.82) is 0 Å². The predicted octanol–water partition coefficient (Wildman–Crippen LogP) is 0.565. The summed E-state index contributed by atoms with van der Waals surface area (Å²) in [6, 6.07) is 1.80. The number of carbonyl (C=O) groups is 1. The molecule has 0 aromatic carbocycles. The number of rotatable bonds is 5. The summed E-state index contributed by atoms with van der Waals surface area (Å²) in [5, 5.41) is 8.93. The fourth-order valence-corrected chi connectivity index (χ4v) is 2.77. The number of likely N-dealkylation sites (N-methyl/N-ethyl adjacent to an activating group) is 1. The molecule has 7 heteroatoms. The van der Waals surface area contributed by atoms with Gasteiger partial charge in [0.2, 0.25) is 10.0 Å². The fourth-order valence-electron chi connectivity index (χ4n) is 1.42. The molecule has 1 aromatic rings. The van der Waals surface area contributed by atoms with Gasteiger partial charge in [-0.3, -0.25) is 9.78 Å². The lowest BCUT2D eigenvalue weighted by molar-refractivity contribution is -0.141. The first-order valence-electron chi connectivity index (χ1n) is 5.02. The smallest absolute Gasteiger partial charge is 0.321 e. The Kier molecular flexibility index (Phi) is 4.19. The van der Waals surface area contributed by atoms with Crippen LogP contribution in [0.5, 0.6) is 0 Å². The highest BCUT2D eigenvalue weighted by Crippen LogP contribution is 2.16. The number of aromatic nitrogens is 1. The molecule has 0 aliphatic carbocycles. The number of carboxylic acids is 1. The van der Waals surface area contributed by atoms with Gasteiger partial charge in [-0.2, -0.15) is 4.31 Å². The maximum atomic E-state index is 12.1. The molecule has 0 aliphatic rings. The minimum absolute atomic E-state index is 0.0119. The Hall–Kier alpha value is -1.47. The Morgan fingerprint density at radius 1 is 1.59 bits per heavy atom. The molecule has 1 N–H and O–H groups in total. The molecule has 0 aliphatic heterocycles. The molecule has 17 heavy (non-hydrogen) atoms. The van der Waals surface area contributed by atoms with E-state index in [-0.39, 0.29) is 11.3 Å². The Balaban J connectivity index is 3.11. The molecular weight excluding hydrogens is 244 g/mol. The van der Waals surface area contributed by atoms with Crippen LogP contribution in [-0.4, -0.2) is 41.9 Å². The van der Waals surface area contributed by atoms with Gasteiger partial charge in [0.05, 0.1) is 0 Å². The molecule has 0 bridgehead atoms. The Labute approximate surface area is 100.0 Å². The van der Waals surface area contributed by atoms with Crippen LogP contribution < -0.4 is 0 Å². The van der Waals surface area contributed by atoms with Gasteiger partial charge in [0.15, 0.2) is 0 Å². The van der Waals surface area contributed by atoms with Gasteiger partial charge in [0.25, 0.3) is 0 Å². The number of nitrogens with zero attached hydrogens (tertiary/aromatic N) is 2. The van der Waals surface area contributed by atoms with Gasteiger partial charge in [-0.25, -0.2) is 8.42 Å². The quantitative estimate of drug-likeness (QED) is 0.834. The largest absolute Gasteiger partial charge is 0.480 e.